The number of methoxy groups -OCH3 is 3. The number of hydrogen-bond acceptors (Lipinski definition) is 4. The summed E-state index contributed by atoms with van der Waals surface area (Å²) in [5.41, 5.74) is 1.86. The normalized spacial score (nSPS) is 11.0. The van der Waals surface area contributed by atoms with Gasteiger partial charge >= 0.3 is 6.41 Å². The molecule has 0 aromatic heterocycles. The third kappa shape index (κ3) is 4.32. The van der Waals surface area contributed by atoms with Gasteiger partial charge in [-0.05, 0) is 42.5 Å². The standard InChI is InChI=1S/C18H20NO4/c1-21-16-7-4-14(5-8-16)11-19(13-20)12-15-6-9-17(22-2)18(10-15)23-3/h4-11,13H,12H2,1-3H3/q+1. The summed E-state index contributed by atoms with van der Waals surface area (Å²) in [4.78, 5) is 11.3. The fourth-order valence-electron chi connectivity index (χ4n) is 2.18. The van der Waals surface area contributed by atoms with Crippen molar-refractivity contribution in [2.24, 2.45) is 0 Å². The lowest BCUT2D eigenvalue weighted by Gasteiger charge is -2.08. The van der Waals surface area contributed by atoms with Crippen LogP contribution in [0.3, 0.4) is 0 Å². The van der Waals surface area contributed by atoms with Crippen molar-refractivity contribution in [1.29, 1.82) is 0 Å². The Morgan fingerprint density at radius 2 is 1.61 bits per heavy atom. The van der Waals surface area contributed by atoms with Crippen LogP contribution in [0.5, 0.6) is 17.2 Å². The van der Waals surface area contributed by atoms with E-state index in [2.05, 4.69) is 0 Å². The van der Waals surface area contributed by atoms with Crippen LogP contribution >= 0.6 is 0 Å². The van der Waals surface area contributed by atoms with E-state index in [0.717, 1.165) is 23.3 Å². The Hall–Kier alpha value is -2.82. The van der Waals surface area contributed by atoms with Gasteiger partial charge in [-0.2, -0.15) is 4.58 Å². The number of carbonyl (C=O) groups excluding carboxylic acids is 1. The van der Waals surface area contributed by atoms with Gasteiger partial charge in [0.1, 0.15) is 5.75 Å². The molecule has 0 heterocycles. The zero-order valence-electron chi connectivity index (χ0n) is 13.5. The first kappa shape index (κ1) is 16.5. The lowest BCUT2D eigenvalue weighted by Crippen LogP contribution is -2.11. The van der Waals surface area contributed by atoms with Crippen LogP contribution < -0.4 is 14.2 Å². The SMILES string of the molecule is COc1ccc(C=[N+](C=O)Cc2ccc(OC)c(OC)c2)cc1. The van der Waals surface area contributed by atoms with Crippen LogP contribution in [0.4, 0.5) is 0 Å². The molecule has 0 saturated heterocycles. The molecule has 0 atom stereocenters. The molecule has 5 nitrogen and oxygen atoms in total. The van der Waals surface area contributed by atoms with Crippen molar-refractivity contribution in [1.82, 2.24) is 0 Å². The first-order chi connectivity index (χ1) is 11.2. The molecule has 2 aromatic rings. The Balaban J connectivity index is 2.21. The molecule has 0 aliphatic rings. The smallest absolute Gasteiger partial charge is 0.375 e. The molecule has 120 valence electrons. The first-order valence-corrected chi connectivity index (χ1v) is 7.11. The monoisotopic (exact) mass is 314 g/mol. The maximum atomic E-state index is 11.3. The largest absolute Gasteiger partial charge is 0.497 e. The van der Waals surface area contributed by atoms with Gasteiger partial charge in [-0.1, -0.05) is 0 Å². The van der Waals surface area contributed by atoms with Gasteiger partial charge in [0.05, 0.1) is 21.3 Å². The average Bonchev–Trinajstić information content (AvgIpc) is 2.61. The van der Waals surface area contributed by atoms with Crippen molar-refractivity contribution in [3.05, 3.63) is 53.6 Å². The van der Waals surface area contributed by atoms with Crippen LogP contribution in [-0.2, 0) is 11.3 Å². The molecule has 0 N–H and O–H groups in total. The average molecular weight is 314 g/mol. The first-order valence-electron chi connectivity index (χ1n) is 7.11. The summed E-state index contributed by atoms with van der Waals surface area (Å²) in [5, 5.41) is 0. The minimum Gasteiger partial charge on any atom is -0.497 e. The molecule has 1 amide bonds. The van der Waals surface area contributed by atoms with Crippen molar-refractivity contribution in [2.75, 3.05) is 21.3 Å². The summed E-state index contributed by atoms with van der Waals surface area (Å²) in [5.74, 6) is 2.08. The van der Waals surface area contributed by atoms with Crippen molar-refractivity contribution < 1.29 is 23.6 Å². The Bertz CT molecular complexity index is 693. The van der Waals surface area contributed by atoms with E-state index in [4.69, 9.17) is 14.2 Å². The molecule has 23 heavy (non-hydrogen) atoms. The lowest BCUT2D eigenvalue weighted by molar-refractivity contribution is -0.444. The summed E-state index contributed by atoms with van der Waals surface area (Å²) in [6, 6.07) is 13.1. The fourth-order valence-corrected chi connectivity index (χ4v) is 2.18. The van der Waals surface area contributed by atoms with E-state index in [1.807, 2.05) is 42.5 Å². The molecular formula is C18H20NO4+. The van der Waals surface area contributed by atoms with Gasteiger partial charge in [-0.15, -0.1) is 0 Å². The maximum Gasteiger partial charge on any atom is 0.375 e. The van der Waals surface area contributed by atoms with E-state index < -0.39 is 0 Å². The zero-order chi connectivity index (χ0) is 16.7. The van der Waals surface area contributed by atoms with Gasteiger partial charge < -0.3 is 14.2 Å². The highest BCUT2D eigenvalue weighted by Gasteiger charge is 2.10. The molecule has 0 radical (unpaired) electrons. The van der Waals surface area contributed by atoms with Crippen LogP contribution in [0.15, 0.2) is 42.5 Å². The van der Waals surface area contributed by atoms with Crippen LogP contribution in [0.2, 0.25) is 0 Å². The van der Waals surface area contributed by atoms with Crippen LogP contribution in [0, 0.1) is 0 Å². The quantitative estimate of drug-likeness (QED) is 0.447. The van der Waals surface area contributed by atoms with E-state index in [1.54, 1.807) is 32.1 Å². The predicted molar refractivity (Wildman–Crippen MR) is 87.7 cm³/mol. The topological polar surface area (TPSA) is 47.8 Å². The summed E-state index contributed by atoms with van der Waals surface area (Å²) < 4.78 is 17.2. The molecule has 0 fully saturated rings. The van der Waals surface area contributed by atoms with Crippen molar-refractivity contribution in [2.45, 2.75) is 6.54 Å². The molecule has 0 spiro atoms. The third-order valence-electron chi connectivity index (χ3n) is 3.38. The molecule has 0 aliphatic heterocycles. The summed E-state index contributed by atoms with van der Waals surface area (Å²) >= 11 is 0. The number of nitrogens with zero attached hydrogens (tertiary/aromatic N) is 1. The minimum atomic E-state index is 0.440. The zero-order valence-corrected chi connectivity index (χ0v) is 13.5. The third-order valence-corrected chi connectivity index (χ3v) is 3.38. The number of carbonyl (C=O) groups is 1. The number of rotatable bonds is 7. The van der Waals surface area contributed by atoms with Gasteiger partial charge in [0.2, 0.25) is 0 Å². The highest BCUT2D eigenvalue weighted by molar-refractivity contribution is 5.77. The van der Waals surface area contributed by atoms with Gasteiger partial charge in [-0.25, -0.2) is 4.79 Å². The van der Waals surface area contributed by atoms with Gasteiger partial charge in [0, 0.05) is 11.1 Å². The summed E-state index contributed by atoms with van der Waals surface area (Å²) in [7, 11) is 4.79. The predicted octanol–water partition coefficient (Wildman–Crippen LogP) is 2.50. The number of amides is 1. The fraction of sp³-hybridized carbons (Fsp3) is 0.222. The van der Waals surface area contributed by atoms with E-state index in [-0.39, 0.29) is 0 Å². The van der Waals surface area contributed by atoms with Crippen molar-refractivity contribution >= 4 is 12.6 Å². The number of ether oxygens (including phenoxy) is 3. The molecule has 0 unspecified atom stereocenters. The van der Waals surface area contributed by atoms with Crippen LogP contribution in [0.1, 0.15) is 11.1 Å². The van der Waals surface area contributed by atoms with Gasteiger partial charge in [0.15, 0.2) is 24.3 Å². The molecule has 2 rings (SSSR count). The molecule has 0 bridgehead atoms. The second kappa shape index (κ2) is 7.98. The second-order valence-electron chi connectivity index (χ2n) is 4.87. The van der Waals surface area contributed by atoms with Crippen molar-refractivity contribution in [3.63, 3.8) is 0 Å². The minimum absolute atomic E-state index is 0.440. The highest BCUT2D eigenvalue weighted by Crippen LogP contribution is 2.27. The van der Waals surface area contributed by atoms with Crippen LogP contribution in [0.25, 0.3) is 0 Å². The Morgan fingerprint density at radius 1 is 0.913 bits per heavy atom. The number of benzene rings is 2. The Labute approximate surface area is 135 Å². The maximum absolute atomic E-state index is 11.3. The molecule has 0 saturated carbocycles. The van der Waals surface area contributed by atoms with E-state index in [1.165, 1.54) is 0 Å². The van der Waals surface area contributed by atoms with E-state index >= 15 is 0 Å². The van der Waals surface area contributed by atoms with E-state index in [0.29, 0.717) is 18.0 Å². The molecule has 2 aromatic carbocycles. The highest BCUT2D eigenvalue weighted by atomic mass is 16.5. The Morgan fingerprint density at radius 3 is 2.17 bits per heavy atom. The molecular weight excluding hydrogens is 294 g/mol. The molecule has 5 heteroatoms. The Kier molecular flexibility index (Phi) is 5.74. The van der Waals surface area contributed by atoms with Gasteiger partial charge in [-0.3, -0.25) is 0 Å². The van der Waals surface area contributed by atoms with Crippen LogP contribution in [-0.4, -0.2) is 38.5 Å². The summed E-state index contributed by atoms with van der Waals surface area (Å²) in [6.45, 7) is 0.440. The lowest BCUT2D eigenvalue weighted by atomic mass is 10.2. The second-order valence-corrected chi connectivity index (χ2v) is 4.87. The number of hydrogen-bond donors (Lipinski definition) is 0. The molecule has 0 aliphatic carbocycles. The summed E-state index contributed by atoms with van der Waals surface area (Å²) in [6.07, 6.45) is 2.57. The van der Waals surface area contributed by atoms with E-state index in [9.17, 15) is 4.79 Å². The van der Waals surface area contributed by atoms with Crippen molar-refractivity contribution in [3.8, 4) is 17.2 Å². The van der Waals surface area contributed by atoms with Gasteiger partial charge in [0.25, 0.3) is 0 Å².